The van der Waals surface area contributed by atoms with Gasteiger partial charge in [-0.3, -0.25) is 4.79 Å². The van der Waals surface area contributed by atoms with Gasteiger partial charge < -0.3 is 4.90 Å². The Bertz CT molecular complexity index is 678. The van der Waals surface area contributed by atoms with Crippen molar-refractivity contribution in [3.8, 4) is 0 Å². The summed E-state index contributed by atoms with van der Waals surface area (Å²) in [5.74, 6) is 1.89. The number of nitrogens with zero attached hydrogens (tertiary/aromatic N) is 2. The lowest BCUT2D eigenvalue weighted by molar-refractivity contribution is -0.130. The molecule has 1 aliphatic heterocycles. The highest BCUT2D eigenvalue weighted by Gasteiger charge is 2.25. The van der Waals surface area contributed by atoms with Crippen LogP contribution in [-0.4, -0.2) is 34.6 Å². The Hall–Kier alpha value is -0.780. The monoisotopic (exact) mass is 354 g/mol. The molecule has 1 saturated heterocycles. The Labute approximate surface area is 144 Å². The zero-order valence-electron chi connectivity index (χ0n) is 12.7. The molecule has 6 heteroatoms. The molecule has 0 radical (unpaired) electrons. The molecule has 0 saturated carbocycles. The van der Waals surface area contributed by atoms with E-state index in [1.54, 1.807) is 11.3 Å². The van der Waals surface area contributed by atoms with Crippen LogP contribution >= 0.6 is 34.7 Å². The third kappa shape index (κ3) is 3.76. The van der Waals surface area contributed by atoms with Crippen molar-refractivity contribution >= 4 is 50.8 Å². The molecule has 0 N–H and O–H groups in total. The van der Waals surface area contributed by atoms with Gasteiger partial charge in [-0.1, -0.05) is 37.2 Å². The molecule has 1 aliphatic rings. The number of amides is 1. The molecule has 1 fully saturated rings. The van der Waals surface area contributed by atoms with E-state index in [1.807, 2.05) is 23.1 Å². The first-order chi connectivity index (χ1) is 10.5. The van der Waals surface area contributed by atoms with Crippen LogP contribution in [0.4, 0.5) is 0 Å². The van der Waals surface area contributed by atoms with Crippen LogP contribution < -0.4 is 0 Å². The minimum absolute atomic E-state index is 0.223. The van der Waals surface area contributed by atoms with E-state index < -0.39 is 0 Å². The third-order valence-corrected chi connectivity index (χ3v) is 6.27. The summed E-state index contributed by atoms with van der Waals surface area (Å²) in [6, 6.07) is 5.72. The molecule has 0 unspecified atom stereocenters. The number of rotatable bonds is 3. The normalized spacial score (nSPS) is 22.2. The third-order valence-electron chi connectivity index (χ3n) is 3.87. The second kappa shape index (κ2) is 6.77. The summed E-state index contributed by atoms with van der Waals surface area (Å²) >= 11 is 9.13. The highest BCUT2D eigenvalue weighted by molar-refractivity contribution is 8.01. The van der Waals surface area contributed by atoms with E-state index in [-0.39, 0.29) is 5.91 Å². The number of carbonyl (C=O) groups is 1. The van der Waals surface area contributed by atoms with E-state index >= 15 is 0 Å². The maximum absolute atomic E-state index is 12.4. The summed E-state index contributed by atoms with van der Waals surface area (Å²) < 4.78 is 2.04. The predicted molar refractivity (Wildman–Crippen MR) is 94.9 cm³/mol. The Morgan fingerprint density at radius 3 is 2.86 bits per heavy atom. The van der Waals surface area contributed by atoms with E-state index in [0.29, 0.717) is 22.6 Å². The van der Waals surface area contributed by atoms with Crippen molar-refractivity contribution in [1.29, 1.82) is 0 Å². The van der Waals surface area contributed by atoms with E-state index in [0.717, 1.165) is 27.6 Å². The first-order valence-corrected chi connectivity index (χ1v) is 9.66. The first kappa shape index (κ1) is 16.1. The number of hydrogen-bond acceptors (Lipinski definition) is 4. The van der Waals surface area contributed by atoms with Crippen LogP contribution in [-0.2, 0) is 4.79 Å². The topological polar surface area (TPSA) is 33.2 Å². The second-order valence-corrected chi connectivity index (χ2v) is 8.81. The number of thioether (sulfide) groups is 1. The Morgan fingerprint density at radius 1 is 1.41 bits per heavy atom. The largest absolute Gasteiger partial charge is 0.341 e. The molecular formula is C16H19ClN2OS2. The van der Waals surface area contributed by atoms with Gasteiger partial charge in [-0.15, -0.1) is 11.3 Å². The minimum atomic E-state index is 0.223. The number of thiazole rings is 1. The van der Waals surface area contributed by atoms with Gasteiger partial charge in [0.2, 0.25) is 5.91 Å². The Kier molecular flexibility index (Phi) is 4.95. The van der Waals surface area contributed by atoms with Crippen LogP contribution in [0, 0.1) is 11.8 Å². The molecule has 0 spiro atoms. The van der Waals surface area contributed by atoms with Gasteiger partial charge in [-0.25, -0.2) is 4.98 Å². The number of fused-ring (bicyclic) bond motifs is 1. The smallest absolute Gasteiger partial charge is 0.233 e. The number of hydrogen-bond donors (Lipinski definition) is 0. The zero-order valence-corrected chi connectivity index (χ0v) is 15.1. The van der Waals surface area contributed by atoms with Crippen LogP contribution in [0.2, 0.25) is 5.02 Å². The van der Waals surface area contributed by atoms with Gasteiger partial charge in [-0.2, -0.15) is 0 Å². The van der Waals surface area contributed by atoms with Crippen molar-refractivity contribution in [1.82, 2.24) is 9.88 Å². The average molecular weight is 355 g/mol. The van der Waals surface area contributed by atoms with Gasteiger partial charge in [0.25, 0.3) is 0 Å². The average Bonchev–Trinajstić information content (AvgIpc) is 2.85. The molecule has 22 heavy (non-hydrogen) atoms. The molecule has 2 heterocycles. The van der Waals surface area contributed by atoms with Crippen LogP contribution in [0.25, 0.3) is 10.2 Å². The highest BCUT2D eigenvalue weighted by Crippen LogP contribution is 2.31. The fraction of sp³-hybridized carbons (Fsp3) is 0.500. The van der Waals surface area contributed by atoms with Crippen molar-refractivity contribution in [3.63, 3.8) is 0 Å². The molecular weight excluding hydrogens is 336 g/mol. The van der Waals surface area contributed by atoms with E-state index in [4.69, 9.17) is 11.6 Å². The lowest BCUT2D eigenvalue weighted by atomic mass is 9.92. The lowest BCUT2D eigenvalue weighted by Crippen LogP contribution is -2.43. The number of piperidine rings is 1. The Morgan fingerprint density at radius 2 is 2.14 bits per heavy atom. The van der Waals surface area contributed by atoms with Crippen molar-refractivity contribution in [2.24, 2.45) is 11.8 Å². The van der Waals surface area contributed by atoms with Gasteiger partial charge >= 0.3 is 0 Å². The SMILES string of the molecule is C[C@@H]1C[C@@H](C)CN(C(=O)CSc2nc3cc(Cl)ccc3s2)C1. The van der Waals surface area contributed by atoms with E-state index in [2.05, 4.69) is 18.8 Å². The molecule has 0 aliphatic carbocycles. The fourth-order valence-electron chi connectivity index (χ4n) is 3.02. The van der Waals surface area contributed by atoms with Crippen molar-refractivity contribution in [2.75, 3.05) is 18.8 Å². The van der Waals surface area contributed by atoms with Crippen molar-refractivity contribution in [2.45, 2.75) is 24.6 Å². The molecule has 2 aromatic rings. The van der Waals surface area contributed by atoms with E-state index in [9.17, 15) is 4.79 Å². The van der Waals surface area contributed by atoms with Gasteiger partial charge in [0, 0.05) is 18.1 Å². The summed E-state index contributed by atoms with van der Waals surface area (Å²) in [5.41, 5.74) is 0.910. The molecule has 1 aromatic carbocycles. The van der Waals surface area contributed by atoms with E-state index in [1.165, 1.54) is 18.2 Å². The summed E-state index contributed by atoms with van der Waals surface area (Å²) in [6.07, 6.45) is 1.22. The fourth-order valence-corrected chi connectivity index (χ4v) is 5.14. The molecule has 118 valence electrons. The van der Waals surface area contributed by atoms with Gasteiger partial charge in [0.1, 0.15) is 0 Å². The maximum Gasteiger partial charge on any atom is 0.233 e. The van der Waals surface area contributed by atoms with Crippen LogP contribution in [0.5, 0.6) is 0 Å². The first-order valence-electron chi connectivity index (χ1n) is 7.48. The number of carbonyl (C=O) groups excluding carboxylic acids is 1. The maximum atomic E-state index is 12.4. The quantitative estimate of drug-likeness (QED) is 0.758. The molecule has 0 bridgehead atoms. The minimum Gasteiger partial charge on any atom is -0.341 e. The molecule has 1 amide bonds. The van der Waals surface area contributed by atoms with Crippen LogP contribution in [0.15, 0.2) is 22.5 Å². The number of halogens is 1. The zero-order chi connectivity index (χ0) is 15.7. The van der Waals surface area contributed by atoms with Crippen LogP contribution in [0.3, 0.4) is 0 Å². The van der Waals surface area contributed by atoms with Crippen molar-refractivity contribution in [3.05, 3.63) is 23.2 Å². The molecule has 2 atom stereocenters. The second-order valence-electron chi connectivity index (χ2n) is 6.13. The highest BCUT2D eigenvalue weighted by atomic mass is 35.5. The number of benzene rings is 1. The molecule has 1 aromatic heterocycles. The number of likely N-dealkylation sites (tertiary alicyclic amines) is 1. The van der Waals surface area contributed by atoms with Gasteiger partial charge in [0.15, 0.2) is 4.34 Å². The molecule has 3 rings (SSSR count). The Balaban J connectivity index is 1.62. The summed E-state index contributed by atoms with van der Waals surface area (Å²) in [7, 11) is 0. The lowest BCUT2D eigenvalue weighted by Gasteiger charge is -2.34. The summed E-state index contributed by atoms with van der Waals surface area (Å²) in [5, 5.41) is 0.696. The predicted octanol–water partition coefficient (Wildman–Crippen LogP) is 4.55. The van der Waals surface area contributed by atoms with Gasteiger partial charge in [0.05, 0.1) is 16.0 Å². The van der Waals surface area contributed by atoms with Crippen LogP contribution in [0.1, 0.15) is 20.3 Å². The summed E-state index contributed by atoms with van der Waals surface area (Å²) in [4.78, 5) is 18.9. The van der Waals surface area contributed by atoms with Crippen molar-refractivity contribution < 1.29 is 4.79 Å². The summed E-state index contributed by atoms with van der Waals surface area (Å²) in [6.45, 7) is 6.22. The number of aromatic nitrogens is 1. The van der Waals surface area contributed by atoms with Gasteiger partial charge in [-0.05, 0) is 36.5 Å². The molecule has 3 nitrogen and oxygen atoms in total. The standard InChI is InChI=1S/C16H19ClN2OS2/c1-10-5-11(2)8-19(7-10)15(20)9-21-16-18-13-6-12(17)3-4-14(13)22-16/h3-4,6,10-11H,5,7-9H2,1-2H3/t10-,11-/m1/s1.